The molecule has 2 atom stereocenters. The number of nitrogens with one attached hydrogen (secondary N) is 2. The van der Waals surface area contributed by atoms with Gasteiger partial charge in [0, 0.05) is 13.0 Å². The van der Waals surface area contributed by atoms with Gasteiger partial charge in [0.1, 0.15) is 5.01 Å². The van der Waals surface area contributed by atoms with E-state index in [2.05, 4.69) is 20.8 Å². The Morgan fingerprint density at radius 2 is 2.05 bits per heavy atom. The second kappa shape index (κ2) is 5.83. The maximum Gasteiger partial charge on any atom is 0.226 e. The fourth-order valence-electron chi connectivity index (χ4n) is 3.23. The standard InChI is InChI=1S/C14H23N5O2S/c1-13(2)8(10(20)16-4)5-6-14(13,3)11(21)17-7-9-18-19-12(15)22-9/h8H,5-7H2,1-4H3,(H2,15,19)(H,16,20)(H,17,21)/t8-,14+/m0/s1. The van der Waals surface area contributed by atoms with Gasteiger partial charge in [-0.1, -0.05) is 32.1 Å². The van der Waals surface area contributed by atoms with Gasteiger partial charge in [-0.15, -0.1) is 10.2 Å². The maximum atomic E-state index is 12.7. The summed E-state index contributed by atoms with van der Waals surface area (Å²) in [5.41, 5.74) is 4.51. The molecule has 2 rings (SSSR count). The van der Waals surface area contributed by atoms with Crippen LogP contribution in [0.15, 0.2) is 0 Å². The number of rotatable bonds is 4. The van der Waals surface area contributed by atoms with Crippen LogP contribution in [0.2, 0.25) is 0 Å². The van der Waals surface area contributed by atoms with Gasteiger partial charge in [-0.05, 0) is 18.3 Å². The summed E-state index contributed by atoms with van der Waals surface area (Å²) < 4.78 is 0. The molecule has 1 heterocycles. The van der Waals surface area contributed by atoms with Crippen LogP contribution < -0.4 is 16.4 Å². The van der Waals surface area contributed by atoms with E-state index in [1.54, 1.807) is 7.05 Å². The lowest BCUT2D eigenvalue weighted by molar-refractivity contribution is -0.138. The maximum absolute atomic E-state index is 12.7. The first kappa shape index (κ1) is 16.7. The van der Waals surface area contributed by atoms with Crippen molar-refractivity contribution in [2.75, 3.05) is 12.8 Å². The van der Waals surface area contributed by atoms with Gasteiger partial charge in [0.2, 0.25) is 16.9 Å². The average molecular weight is 325 g/mol. The van der Waals surface area contributed by atoms with Crippen LogP contribution in [0.25, 0.3) is 0 Å². The molecule has 0 aromatic carbocycles. The lowest BCUT2D eigenvalue weighted by Gasteiger charge is -2.39. The van der Waals surface area contributed by atoms with Gasteiger partial charge in [-0.25, -0.2) is 0 Å². The molecule has 7 nitrogen and oxygen atoms in total. The summed E-state index contributed by atoms with van der Waals surface area (Å²) in [6.07, 6.45) is 1.39. The second-order valence-corrected chi connectivity index (χ2v) is 7.57. The summed E-state index contributed by atoms with van der Waals surface area (Å²) in [5.74, 6) is -0.221. The summed E-state index contributed by atoms with van der Waals surface area (Å²) in [5, 5.41) is 14.3. The number of amides is 2. The molecule has 2 amide bonds. The molecule has 122 valence electrons. The Morgan fingerprint density at radius 3 is 2.59 bits per heavy atom. The first-order valence-corrected chi connectivity index (χ1v) is 8.12. The van der Waals surface area contributed by atoms with Crippen LogP contribution in [0.3, 0.4) is 0 Å². The minimum absolute atomic E-state index is 0.00146. The second-order valence-electron chi connectivity index (χ2n) is 6.48. The van der Waals surface area contributed by atoms with E-state index < -0.39 is 10.8 Å². The molecule has 22 heavy (non-hydrogen) atoms. The van der Waals surface area contributed by atoms with Crippen molar-refractivity contribution in [3.8, 4) is 0 Å². The number of hydrogen-bond acceptors (Lipinski definition) is 6. The van der Waals surface area contributed by atoms with E-state index in [4.69, 9.17) is 5.73 Å². The van der Waals surface area contributed by atoms with E-state index in [1.807, 2.05) is 20.8 Å². The van der Waals surface area contributed by atoms with Crippen LogP contribution in [-0.2, 0) is 16.1 Å². The first-order chi connectivity index (χ1) is 10.2. The highest BCUT2D eigenvalue weighted by molar-refractivity contribution is 7.15. The number of nitrogen functional groups attached to an aromatic ring is 1. The first-order valence-electron chi connectivity index (χ1n) is 7.30. The quantitative estimate of drug-likeness (QED) is 0.762. The fourth-order valence-corrected chi connectivity index (χ4v) is 3.78. The minimum atomic E-state index is -0.597. The summed E-state index contributed by atoms with van der Waals surface area (Å²) in [4.78, 5) is 24.8. The van der Waals surface area contributed by atoms with E-state index in [9.17, 15) is 9.59 Å². The number of hydrogen-bond donors (Lipinski definition) is 3. The summed E-state index contributed by atoms with van der Waals surface area (Å²) in [6.45, 7) is 6.22. The predicted molar refractivity (Wildman–Crippen MR) is 84.8 cm³/mol. The fraction of sp³-hybridized carbons (Fsp3) is 0.714. The van der Waals surface area contributed by atoms with Crippen molar-refractivity contribution in [3.05, 3.63) is 5.01 Å². The normalized spacial score (nSPS) is 26.6. The Bertz CT molecular complexity index is 586. The Hall–Kier alpha value is -1.70. The molecule has 4 N–H and O–H groups in total. The third kappa shape index (κ3) is 2.67. The molecule has 0 aliphatic heterocycles. The molecule has 1 fully saturated rings. The van der Waals surface area contributed by atoms with E-state index >= 15 is 0 Å². The van der Waals surface area contributed by atoms with Gasteiger partial charge in [0.05, 0.1) is 12.0 Å². The zero-order valence-electron chi connectivity index (χ0n) is 13.4. The summed E-state index contributed by atoms with van der Waals surface area (Å²) in [7, 11) is 1.63. The van der Waals surface area contributed by atoms with Gasteiger partial charge in [-0.2, -0.15) is 0 Å². The predicted octanol–water partition coefficient (Wildman–Crippen LogP) is 0.925. The van der Waals surface area contributed by atoms with E-state index in [1.165, 1.54) is 11.3 Å². The molecular weight excluding hydrogens is 302 g/mol. The highest BCUT2D eigenvalue weighted by atomic mass is 32.1. The highest BCUT2D eigenvalue weighted by Gasteiger charge is 2.57. The van der Waals surface area contributed by atoms with Crippen LogP contribution in [0.1, 0.15) is 38.6 Å². The van der Waals surface area contributed by atoms with E-state index in [0.29, 0.717) is 29.5 Å². The number of aromatic nitrogens is 2. The molecule has 0 bridgehead atoms. The molecule has 1 saturated carbocycles. The van der Waals surface area contributed by atoms with Crippen molar-refractivity contribution >= 4 is 28.3 Å². The number of nitrogens with zero attached hydrogens (tertiary/aromatic N) is 2. The third-order valence-electron chi connectivity index (χ3n) is 5.17. The molecule has 0 unspecified atom stereocenters. The Kier molecular flexibility index (Phi) is 4.42. The Labute approximate surface area is 134 Å². The number of nitrogens with two attached hydrogens (primary N) is 1. The van der Waals surface area contributed by atoms with Crippen LogP contribution in [0, 0.1) is 16.7 Å². The lowest BCUT2D eigenvalue weighted by atomic mass is 9.65. The Balaban J connectivity index is 2.09. The molecule has 1 aliphatic rings. The highest BCUT2D eigenvalue weighted by Crippen LogP contribution is 2.56. The van der Waals surface area contributed by atoms with Crippen molar-refractivity contribution in [2.24, 2.45) is 16.7 Å². The van der Waals surface area contributed by atoms with Crippen LogP contribution >= 0.6 is 11.3 Å². The third-order valence-corrected chi connectivity index (χ3v) is 5.93. The van der Waals surface area contributed by atoms with Crippen molar-refractivity contribution in [2.45, 2.75) is 40.2 Å². The number of anilines is 1. The molecule has 0 saturated heterocycles. The van der Waals surface area contributed by atoms with Crippen molar-refractivity contribution in [1.82, 2.24) is 20.8 Å². The van der Waals surface area contributed by atoms with Gasteiger partial charge >= 0.3 is 0 Å². The molecule has 0 spiro atoms. The smallest absolute Gasteiger partial charge is 0.226 e. The van der Waals surface area contributed by atoms with E-state index in [0.717, 1.165) is 0 Å². The molecule has 1 aromatic heterocycles. The van der Waals surface area contributed by atoms with Gasteiger partial charge in [0.15, 0.2) is 0 Å². The summed E-state index contributed by atoms with van der Waals surface area (Å²) >= 11 is 1.26. The van der Waals surface area contributed by atoms with Crippen LogP contribution in [0.4, 0.5) is 5.13 Å². The molecule has 8 heteroatoms. The Morgan fingerprint density at radius 1 is 1.36 bits per heavy atom. The van der Waals surface area contributed by atoms with Crippen molar-refractivity contribution in [3.63, 3.8) is 0 Å². The minimum Gasteiger partial charge on any atom is -0.374 e. The number of carbonyl (C=O) groups is 2. The van der Waals surface area contributed by atoms with Gasteiger partial charge in [0.25, 0.3) is 0 Å². The SMILES string of the molecule is CNC(=O)[C@@H]1CC[C@](C)(C(=O)NCc2nnc(N)s2)C1(C)C. The van der Waals surface area contributed by atoms with Crippen LogP contribution in [-0.4, -0.2) is 29.1 Å². The molecular formula is C14H23N5O2S. The van der Waals surface area contributed by atoms with E-state index in [-0.39, 0.29) is 17.7 Å². The largest absolute Gasteiger partial charge is 0.374 e. The molecule has 1 aliphatic carbocycles. The topological polar surface area (TPSA) is 110 Å². The van der Waals surface area contributed by atoms with Crippen molar-refractivity contribution in [1.29, 1.82) is 0 Å². The van der Waals surface area contributed by atoms with Gasteiger partial charge in [-0.3, -0.25) is 9.59 Å². The average Bonchev–Trinajstić information content (AvgIpc) is 2.98. The number of carbonyl (C=O) groups excluding carboxylic acids is 2. The van der Waals surface area contributed by atoms with Crippen molar-refractivity contribution < 1.29 is 9.59 Å². The van der Waals surface area contributed by atoms with Gasteiger partial charge < -0.3 is 16.4 Å². The van der Waals surface area contributed by atoms with Crippen LogP contribution in [0.5, 0.6) is 0 Å². The monoisotopic (exact) mass is 325 g/mol. The summed E-state index contributed by atoms with van der Waals surface area (Å²) in [6, 6.07) is 0. The lowest BCUT2D eigenvalue weighted by Crippen LogP contribution is -2.49. The molecule has 1 aromatic rings. The molecule has 0 radical (unpaired) electrons. The zero-order valence-corrected chi connectivity index (χ0v) is 14.2. The zero-order chi connectivity index (χ0) is 16.5.